The molecule has 0 amide bonds. The summed E-state index contributed by atoms with van der Waals surface area (Å²) in [4.78, 5) is 4.38. The minimum atomic E-state index is 0.205. The van der Waals surface area contributed by atoms with Crippen molar-refractivity contribution in [2.75, 3.05) is 12.8 Å². The van der Waals surface area contributed by atoms with E-state index in [1.807, 2.05) is 54.6 Å². The zero-order chi connectivity index (χ0) is 17.1. The average Bonchev–Trinajstić information content (AvgIpc) is 2.61. The topological polar surface area (TPSA) is 71.9 Å². The number of nitrogens with zero attached hydrogens (tertiary/aromatic N) is 2. The van der Waals surface area contributed by atoms with E-state index in [1.54, 1.807) is 7.11 Å². The maximum Gasteiger partial charge on any atom is 0.142 e. The van der Waals surface area contributed by atoms with Crippen LogP contribution in [0.15, 0.2) is 59.1 Å². The molecule has 3 aromatic rings. The van der Waals surface area contributed by atoms with E-state index in [1.165, 1.54) is 0 Å². The van der Waals surface area contributed by atoms with Gasteiger partial charge in [0.15, 0.2) is 0 Å². The highest BCUT2D eigenvalue weighted by Gasteiger charge is 2.16. The molecule has 2 N–H and O–H groups in total. The van der Waals surface area contributed by atoms with E-state index in [9.17, 15) is 5.26 Å². The van der Waals surface area contributed by atoms with Crippen LogP contribution in [0.1, 0.15) is 5.56 Å². The predicted octanol–water partition coefficient (Wildman–Crippen LogP) is 4.64. The Hall–Kier alpha value is -2.84. The summed E-state index contributed by atoms with van der Waals surface area (Å²) in [6, 6.07) is 19.4. The first kappa shape index (κ1) is 16.0. The van der Waals surface area contributed by atoms with E-state index < -0.39 is 0 Å². The molecule has 0 bridgehead atoms. The van der Waals surface area contributed by atoms with E-state index in [-0.39, 0.29) is 5.82 Å². The molecule has 0 spiro atoms. The molecule has 0 atom stereocenters. The Labute approximate surface area is 148 Å². The van der Waals surface area contributed by atoms with Crippen LogP contribution in [0.25, 0.3) is 22.4 Å². The number of ether oxygens (including phenoxy) is 1. The Morgan fingerprint density at radius 2 is 1.83 bits per heavy atom. The van der Waals surface area contributed by atoms with Gasteiger partial charge in [0.25, 0.3) is 0 Å². The zero-order valence-electron chi connectivity index (χ0n) is 13.0. The highest BCUT2D eigenvalue weighted by atomic mass is 79.9. The van der Waals surface area contributed by atoms with Gasteiger partial charge in [-0.3, -0.25) is 0 Å². The van der Waals surface area contributed by atoms with Crippen molar-refractivity contribution in [2.24, 2.45) is 0 Å². The first-order valence-electron chi connectivity index (χ1n) is 7.24. The fraction of sp³-hybridized carbons (Fsp3) is 0.0526. The highest BCUT2D eigenvalue weighted by Crippen LogP contribution is 2.37. The molecule has 5 heteroatoms. The van der Waals surface area contributed by atoms with E-state index in [0.29, 0.717) is 22.6 Å². The third-order valence-electron chi connectivity index (χ3n) is 3.68. The number of nitrogens with two attached hydrogens (primary N) is 1. The van der Waals surface area contributed by atoms with Gasteiger partial charge in [0.2, 0.25) is 0 Å². The van der Waals surface area contributed by atoms with Crippen molar-refractivity contribution in [1.82, 2.24) is 4.98 Å². The average molecular weight is 380 g/mol. The normalized spacial score (nSPS) is 10.2. The lowest BCUT2D eigenvalue weighted by Gasteiger charge is -2.13. The monoisotopic (exact) mass is 379 g/mol. The number of methoxy groups -OCH3 is 1. The molecule has 0 radical (unpaired) electrons. The molecule has 24 heavy (non-hydrogen) atoms. The molecular weight excluding hydrogens is 366 g/mol. The van der Waals surface area contributed by atoms with Gasteiger partial charge < -0.3 is 10.5 Å². The molecule has 0 unspecified atom stereocenters. The second kappa shape index (κ2) is 6.73. The molecule has 0 saturated heterocycles. The molecular formula is C19H14BrN3O. The van der Waals surface area contributed by atoms with Crippen LogP contribution < -0.4 is 10.5 Å². The zero-order valence-corrected chi connectivity index (χ0v) is 14.5. The van der Waals surface area contributed by atoms with E-state index in [4.69, 9.17) is 10.5 Å². The summed E-state index contributed by atoms with van der Waals surface area (Å²) < 4.78 is 6.34. The summed E-state index contributed by atoms with van der Waals surface area (Å²) in [6.07, 6.45) is 0. The van der Waals surface area contributed by atoms with Gasteiger partial charge in [0.05, 0.1) is 12.8 Å². The van der Waals surface area contributed by atoms with Gasteiger partial charge in [0, 0.05) is 21.2 Å². The van der Waals surface area contributed by atoms with Crippen molar-refractivity contribution in [3.8, 4) is 34.2 Å². The van der Waals surface area contributed by atoms with Crippen molar-refractivity contribution in [3.63, 3.8) is 0 Å². The Balaban J connectivity index is 2.30. The van der Waals surface area contributed by atoms with Crippen LogP contribution in [-0.4, -0.2) is 12.1 Å². The first-order valence-corrected chi connectivity index (χ1v) is 8.03. The summed E-state index contributed by atoms with van der Waals surface area (Å²) >= 11 is 3.47. The molecule has 0 aliphatic carbocycles. The van der Waals surface area contributed by atoms with Crippen LogP contribution in [0, 0.1) is 11.3 Å². The van der Waals surface area contributed by atoms with Gasteiger partial charge in [-0.2, -0.15) is 5.26 Å². The largest absolute Gasteiger partial charge is 0.496 e. The number of hydrogen-bond acceptors (Lipinski definition) is 4. The van der Waals surface area contributed by atoms with Crippen LogP contribution in [-0.2, 0) is 0 Å². The molecule has 4 nitrogen and oxygen atoms in total. The number of hydrogen-bond donors (Lipinski definition) is 1. The number of rotatable bonds is 3. The maximum atomic E-state index is 9.53. The lowest BCUT2D eigenvalue weighted by molar-refractivity contribution is 0.416. The summed E-state index contributed by atoms with van der Waals surface area (Å²) in [7, 11) is 1.60. The third kappa shape index (κ3) is 2.97. The number of nitriles is 1. The van der Waals surface area contributed by atoms with Crippen LogP contribution in [0.3, 0.4) is 0 Å². The Morgan fingerprint density at radius 1 is 1.08 bits per heavy atom. The number of aromatic nitrogens is 1. The molecule has 3 rings (SSSR count). The molecule has 118 valence electrons. The van der Waals surface area contributed by atoms with Crippen molar-refractivity contribution >= 4 is 21.7 Å². The molecule has 0 saturated carbocycles. The van der Waals surface area contributed by atoms with Crippen LogP contribution >= 0.6 is 15.9 Å². The van der Waals surface area contributed by atoms with Crippen LogP contribution in [0.4, 0.5) is 5.82 Å². The number of halogens is 1. The van der Waals surface area contributed by atoms with Crippen LogP contribution in [0.2, 0.25) is 0 Å². The van der Waals surface area contributed by atoms with Gasteiger partial charge in [-0.15, -0.1) is 0 Å². The molecule has 1 aromatic heterocycles. The minimum absolute atomic E-state index is 0.205. The molecule has 0 fully saturated rings. The SMILES string of the molecule is COc1ccc(Br)cc1-c1cc(-c2ccccc2)nc(N)c1C#N. The molecule has 2 aromatic carbocycles. The molecule has 0 aliphatic heterocycles. The van der Waals surface area contributed by atoms with Gasteiger partial charge in [0.1, 0.15) is 23.2 Å². The summed E-state index contributed by atoms with van der Waals surface area (Å²) in [5.74, 6) is 0.871. The standard InChI is InChI=1S/C19H14BrN3O/c1-24-18-8-7-13(20)9-15(18)14-10-17(12-5-3-2-4-6-12)23-19(22)16(14)11-21/h2-10H,1H3,(H2,22,23). The number of nitrogen functional groups attached to an aromatic ring is 1. The quantitative estimate of drug-likeness (QED) is 0.719. The number of pyridine rings is 1. The summed E-state index contributed by atoms with van der Waals surface area (Å²) in [5, 5.41) is 9.53. The Bertz CT molecular complexity index is 933. The lowest BCUT2D eigenvalue weighted by Crippen LogP contribution is -2.00. The van der Waals surface area contributed by atoms with E-state index in [0.717, 1.165) is 15.6 Å². The fourth-order valence-corrected chi connectivity index (χ4v) is 2.90. The molecule has 0 aliphatic rings. The second-order valence-corrected chi connectivity index (χ2v) is 6.05. The predicted molar refractivity (Wildman–Crippen MR) is 98.5 cm³/mol. The third-order valence-corrected chi connectivity index (χ3v) is 4.17. The van der Waals surface area contributed by atoms with E-state index >= 15 is 0 Å². The van der Waals surface area contributed by atoms with E-state index in [2.05, 4.69) is 27.0 Å². The fourth-order valence-electron chi connectivity index (χ4n) is 2.54. The Kier molecular flexibility index (Phi) is 4.50. The maximum absolute atomic E-state index is 9.53. The minimum Gasteiger partial charge on any atom is -0.496 e. The first-order chi connectivity index (χ1) is 11.6. The summed E-state index contributed by atoms with van der Waals surface area (Å²) in [6.45, 7) is 0. The van der Waals surface area contributed by atoms with Crippen LogP contribution in [0.5, 0.6) is 5.75 Å². The van der Waals surface area contributed by atoms with Crippen molar-refractivity contribution in [2.45, 2.75) is 0 Å². The van der Waals surface area contributed by atoms with Gasteiger partial charge in [-0.25, -0.2) is 4.98 Å². The van der Waals surface area contributed by atoms with Crippen molar-refractivity contribution in [1.29, 1.82) is 5.26 Å². The van der Waals surface area contributed by atoms with Gasteiger partial charge in [-0.05, 0) is 24.3 Å². The Morgan fingerprint density at radius 3 is 2.50 bits per heavy atom. The van der Waals surface area contributed by atoms with Crippen molar-refractivity contribution in [3.05, 3.63) is 64.6 Å². The van der Waals surface area contributed by atoms with Crippen molar-refractivity contribution < 1.29 is 4.74 Å². The van der Waals surface area contributed by atoms with Gasteiger partial charge in [-0.1, -0.05) is 46.3 Å². The second-order valence-electron chi connectivity index (χ2n) is 5.14. The number of benzene rings is 2. The van der Waals surface area contributed by atoms with Gasteiger partial charge >= 0.3 is 0 Å². The summed E-state index contributed by atoms with van der Waals surface area (Å²) in [5.41, 5.74) is 9.52. The smallest absolute Gasteiger partial charge is 0.142 e. The highest BCUT2D eigenvalue weighted by molar-refractivity contribution is 9.10. The lowest BCUT2D eigenvalue weighted by atomic mass is 9.97. The number of anilines is 1. The molecule has 1 heterocycles.